The molecule has 1 unspecified atom stereocenters. The number of unbranched alkanes of at least 4 members (excludes halogenated alkanes) is 3. The molecule has 0 spiro atoms. The summed E-state index contributed by atoms with van der Waals surface area (Å²) in [7, 11) is 0. The standard InChI is InChI=1S/C68H105N17O12S/c1-40(2)56(65(94)79-51(30-35-98-5)61(90)83-55(38-44-39-76-48-22-10-9-20-46(44)48)63(92)78-49(23-12-15-32-70)59(88)80-52(67(96)97)24-13-16-33-71)85-66(95)57(41(3)4)84-64(93)54(37-43-26-28-45(86)29-27-43)82-62(91)53(36-42-18-7-6-8-19-42)81-60(89)50(25-17-34-75-68(73)74)77-58(87)47(72)21-11-14-31-69/h6-10,18-20,22,26-29,39-41,47,49-57,76,86H,11-17,21,23-25,30-38,69-72H2,1-5H3,(H,77,87)(H,78,92)(H,79,94)(H,80,88)(H,81,89)(H,82,91)(H,83,90)(H,84,93)(H,85,95)(H,96,97)(H4,73,74,75)/t47-,49+,50+,51+,52-,53+,54+,55+,56+,57?/m1/s1. The van der Waals surface area contributed by atoms with Crippen LogP contribution >= 0.6 is 11.8 Å². The zero-order chi connectivity index (χ0) is 72.3. The quantitative estimate of drug-likeness (QED) is 0.0159. The number of benzene rings is 3. The average Bonchev–Trinajstić information content (AvgIpc) is 1.58. The molecular formula is C68H105N17O12S. The van der Waals surface area contributed by atoms with Gasteiger partial charge in [-0.1, -0.05) is 94.8 Å². The summed E-state index contributed by atoms with van der Waals surface area (Å²) in [6.07, 6.45) is 6.98. The lowest BCUT2D eigenvalue weighted by atomic mass is 9.98. The second-order valence-corrected chi connectivity index (χ2v) is 26.0. The van der Waals surface area contributed by atoms with Crippen molar-refractivity contribution >= 4 is 87.8 Å². The van der Waals surface area contributed by atoms with Crippen molar-refractivity contribution in [2.24, 2.45) is 51.2 Å². The molecule has 0 saturated carbocycles. The number of carboxylic acid groups (broad SMARTS) is 1. The molecule has 0 aliphatic carbocycles. The van der Waals surface area contributed by atoms with E-state index in [1.165, 1.54) is 23.9 Å². The maximum Gasteiger partial charge on any atom is 0.326 e. The van der Waals surface area contributed by atoms with Gasteiger partial charge in [-0.05, 0) is 149 Å². The number of nitrogens with two attached hydrogens (primary N) is 6. The van der Waals surface area contributed by atoms with Crippen LogP contribution in [0.2, 0.25) is 0 Å². The van der Waals surface area contributed by atoms with Crippen molar-refractivity contribution in [2.75, 3.05) is 38.2 Å². The van der Waals surface area contributed by atoms with Crippen molar-refractivity contribution in [3.63, 3.8) is 0 Å². The van der Waals surface area contributed by atoms with Crippen molar-refractivity contribution in [1.29, 1.82) is 0 Å². The summed E-state index contributed by atoms with van der Waals surface area (Å²) in [5, 5.41) is 45.8. The van der Waals surface area contributed by atoms with E-state index in [4.69, 9.17) is 34.4 Å². The SMILES string of the molecule is CSCC[C@H](NC(=O)[C@@H](NC(=O)C(NC(=O)[C@H](Cc1ccc(O)cc1)NC(=O)[C@H](Cc1ccccc1)NC(=O)[C@H](CCCN=C(N)N)NC(=O)[C@H](N)CCCCN)C(C)C)C(C)C)C(=O)N[C@@H](Cc1c[nH]c2ccccc12)C(=O)N[C@@H](CCCCN)C(=O)N[C@H](CCCCN)C(=O)O. The molecule has 10 atom stereocenters. The highest BCUT2D eigenvalue weighted by Gasteiger charge is 2.38. The fourth-order valence-corrected chi connectivity index (χ4v) is 11.2. The van der Waals surface area contributed by atoms with Gasteiger partial charge in [0.05, 0.1) is 6.04 Å². The number of hydrogen-bond acceptors (Lipinski definition) is 17. The maximum atomic E-state index is 14.8. The van der Waals surface area contributed by atoms with E-state index >= 15 is 0 Å². The Morgan fingerprint density at radius 2 is 0.878 bits per heavy atom. The number of nitrogens with zero attached hydrogens (tertiary/aromatic N) is 1. The molecule has 29 nitrogen and oxygen atoms in total. The highest BCUT2D eigenvalue weighted by molar-refractivity contribution is 7.98. The number of aromatic nitrogens is 1. The lowest BCUT2D eigenvalue weighted by Crippen LogP contribution is -2.62. The lowest BCUT2D eigenvalue weighted by molar-refractivity contribution is -0.142. The number of hydrogen-bond donors (Lipinski definition) is 18. The number of phenols is 1. The van der Waals surface area contributed by atoms with Gasteiger partial charge in [0.15, 0.2) is 5.96 Å². The van der Waals surface area contributed by atoms with Crippen LogP contribution in [-0.2, 0) is 67.2 Å². The van der Waals surface area contributed by atoms with Crippen LogP contribution in [0.1, 0.15) is 121 Å². The first kappa shape index (κ1) is 81.6. The van der Waals surface area contributed by atoms with Gasteiger partial charge in [-0.2, -0.15) is 11.8 Å². The Kier molecular flexibility index (Phi) is 36.2. The molecule has 0 aliphatic rings. The van der Waals surface area contributed by atoms with Crippen molar-refractivity contribution in [2.45, 2.75) is 184 Å². The zero-order valence-corrected chi connectivity index (χ0v) is 57.8. The smallest absolute Gasteiger partial charge is 0.326 e. The first-order valence-corrected chi connectivity index (χ1v) is 34.9. The Morgan fingerprint density at radius 1 is 0.469 bits per heavy atom. The number of carbonyl (C=O) groups excluding carboxylic acids is 9. The molecule has 98 heavy (non-hydrogen) atoms. The molecule has 9 amide bonds. The van der Waals surface area contributed by atoms with Gasteiger partial charge in [0.25, 0.3) is 0 Å². The first-order valence-electron chi connectivity index (χ1n) is 33.5. The van der Waals surface area contributed by atoms with Crippen molar-refractivity contribution in [3.05, 3.63) is 102 Å². The highest BCUT2D eigenvalue weighted by Crippen LogP contribution is 2.21. The van der Waals surface area contributed by atoms with Gasteiger partial charge >= 0.3 is 5.97 Å². The molecule has 0 fully saturated rings. The van der Waals surface area contributed by atoms with Crippen molar-refractivity contribution in [3.8, 4) is 5.75 Å². The monoisotopic (exact) mass is 1380 g/mol. The topological polar surface area (TPSA) is 504 Å². The number of fused-ring (bicyclic) bond motifs is 1. The second-order valence-electron chi connectivity index (χ2n) is 25.0. The van der Waals surface area contributed by atoms with E-state index in [-0.39, 0.29) is 76.2 Å². The fraction of sp³-hybridized carbons (Fsp3) is 0.544. The Hall–Kier alpha value is -8.84. The summed E-state index contributed by atoms with van der Waals surface area (Å²) < 4.78 is 0. The number of carbonyl (C=O) groups is 10. The number of guanidine groups is 1. The number of aromatic amines is 1. The molecule has 0 saturated heterocycles. The van der Waals surface area contributed by atoms with E-state index in [1.54, 1.807) is 82.6 Å². The van der Waals surface area contributed by atoms with Gasteiger partial charge in [-0.15, -0.1) is 0 Å². The molecule has 30 heteroatoms. The van der Waals surface area contributed by atoms with Crippen molar-refractivity contribution in [1.82, 2.24) is 52.8 Å². The van der Waals surface area contributed by atoms with Crippen LogP contribution in [0.3, 0.4) is 0 Å². The minimum atomic E-state index is -1.44. The van der Waals surface area contributed by atoms with Crippen LogP contribution in [0, 0.1) is 11.8 Å². The molecule has 4 rings (SSSR count). The van der Waals surface area contributed by atoms with E-state index in [9.17, 15) is 58.2 Å². The predicted octanol–water partition coefficient (Wildman–Crippen LogP) is 0.182. The molecule has 0 aliphatic heterocycles. The Balaban J connectivity index is 1.64. The number of amides is 9. The number of carboxylic acids is 1. The molecule has 3 aromatic carbocycles. The maximum absolute atomic E-state index is 14.8. The number of aromatic hydroxyl groups is 1. The fourth-order valence-electron chi connectivity index (χ4n) is 10.8. The molecule has 0 bridgehead atoms. The van der Waals surface area contributed by atoms with Gasteiger partial charge in [0, 0.05) is 42.9 Å². The van der Waals surface area contributed by atoms with Gasteiger partial charge in [0.2, 0.25) is 53.2 Å². The minimum Gasteiger partial charge on any atom is -0.508 e. The van der Waals surface area contributed by atoms with Crippen LogP contribution in [0.25, 0.3) is 10.9 Å². The number of rotatable bonds is 46. The van der Waals surface area contributed by atoms with Gasteiger partial charge < -0.3 is 97.5 Å². The predicted molar refractivity (Wildman–Crippen MR) is 378 cm³/mol. The summed E-state index contributed by atoms with van der Waals surface area (Å²) in [6.45, 7) is 7.78. The Labute approximate surface area is 577 Å². The Morgan fingerprint density at radius 3 is 1.40 bits per heavy atom. The third-order valence-electron chi connectivity index (χ3n) is 16.4. The van der Waals surface area contributed by atoms with E-state index in [0.717, 1.165) is 10.9 Å². The number of para-hydroxylation sites is 1. The summed E-state index contributed by atoms with van der Waals surface area (Å²) in [5.74, 6) is -9.30. The lowest BCUT2D eigenvalue weighted by Gasteiger charge is -2.30. The molecule has 24 N–H and O–H groups in total. The third-order valence-corrected chi connectivity index (χ3v) is 17.1. The number of thioether (sulfide) groups is 1. The van der Waals surface area contributed by atoms with Gasteiger partial charge in [0.1, 0.15) is 60.1 Å². The molecule has 0 radical (unpaired) electrons. The van der Waals surface area contributed by atoms with E-state index in [2.05, 4.69) is 57.8 Å². The number of phenolic OH excluding ortho intramolecular Hbond substituents is 1. The summed E-state index contributed by atoms with van der Waals surface area (Å²) in [6, 6.07) is 9.09. The van der Waals surface area contributed by atoms with Crippen LogP contribution in [-0.4, -0.2) is 179 Å². The normalized spacial score (nSPS) is 14.4. The van der Waals surface area contributed by atoms with E-state index in [0.29, 0.717) is 80.5 Å². The minimum absolute atomic E-state index is 0.0355. The van der Waals surface area contributed by atoms with Crippen LogP contribution in [0.15, 0.2) is 90.1 Å². The van der Waals surface area contributed by atoms with Gasteiger partial charge in [-0.3, -0.25) is 48.1 Å². The van der Waals surface area contributed by atoms with Crippen LogP contribution in [0.5, 0.6) is 5.75 Å². The van der Waals surface area contributed by atoms with Crippen molar-refractivity contribution < 1.29 is 58.2 Å². The largest absolute Gasteiger partial charge is 0.508 e. The molecule has 540 valence electrons. The molecule has 1 heterocycles. The van der Waals surface area contributed by atoms with Crippen LogP contribution < -0.4 is 82.3 Å². The van der Waals surface area contributed by atoms with E-state index < -0.39 is 131 Å². The summed E-state index contributed by atoms with van der Waals surface area (Å²) in [5.41, 5.74) is 36.9. The Bertz CT molecular complexity index is 3220. The third kappa shape index (κ3) is 28.3. The summed E-state index contributed by atoms with van der Waals surface area (Å²) >= 11 is 1.39. The number of aliphatic imine (C=N–C) groups is 1. The average molecular weight is 1380 g/mol. The first-order chi connectivity index (χ1) is 46.8. The second kappa shape index (κ2) is 43.4. The number of nitrogens with one attached hydrogen (secondary N) is 10. The number of aliphatic carboxylic acids is 1. The number of H-pyrrole nitrogens is 1. The zero-order valence-electron chi connectivity index (χ0n) is 56.9. The summed E-state index contributed by atoms with van der Waals surface area (Å²) in [4.78, 5) is 150. The van der Waals surface area contributed by atoms with Gasteiger partial charge in [-0.25, -0.2) is 4.79 Å². The molecule has 1 aromatic heterocycles. The highest BCUT2D eigenvalue weighted by atomic mass is 32.2. The van der Waals surface area contributed by atoms with Crippen LogP contribution in [0.4, 0.5) is 0 Å². The molecule has 4 aromatic rings. The molecular weight excluding hydrogens is 1280 g/mol. The van der Waals surface area contributed by atoms with E-state index in [1.807, 2.05) is 24.3 Å².